The molecule has 0 bridgehead atoms. The lowest BCUT2D eigenvalue weighted by molar-refractivity contribution is -0.140. The average molecular weight is 731 g/mol. The predicted molar refractivity (Wildman–Crippen MR) is 192 cm³/mol. The zero-order valence-corrected chi connectivity index (χ0v) is 30.0. The summed E-state index contributed by atoms with van der Waals surface area (Å²) in [5.41, 5.74) is 1.46. The number of sulfonamides is 1. The second-order valence-corrected chi connectivity index (χ2v) is 14.3. The van der Waals surface area contributed by atoms with Gasteiger partial charge in [0.05, 0.1) is 17.2 Å². The van der Waals surface area contributed by atoms with Crippen LogP contribution in [0.4, 0.5) is 5.69 Å². The van der Waals surface area contributed by atoms with Gasteiger partial charge in [-0.05, 0) is 86.5 Å². The molecule has 8 nitrogen and oxygen atoms in total. The third-order valence-electron chi connectivity index (χ3n) is 7.78. The average Bonchev–Trinajstić information content (AvgIpc) is 3.07. The summed E-state index contributed by atoms with van der Waals surface area (Å²) in [6.07, 6.45) is 0.822. The van der Waals surface area contributed by atoms with Crippen LogP contribution < -0.4 is 14.4 Å². The zero-order chi connectivity index (χ0) is 34.8. The van der Waals surface area contributed by atoms with E-state index in [1.165, 1.54) is 29.2 Å². The molecule has 0 aliphatic heterocycles. The molecule has 4 aromatic carbocycles. The van der Waals surface area contributed by atoms with Gasteiger partial charge in [-0.3, -0.25) is 13.9 Å². The van der Waals surface area contributed by atoms with Crippen molar-refractivity contribution < 1.29 is 22.7 Å². The molecule has 0 fully saturated rings. The van der Waals surface area contributed by atoms with Crippen molar-refractivity contribution in [3.8, 4) is 5.75 Å². The van der Waals surface area contributed by atoms with E-state index in [1.54, 1.807) is 42.5 Å². The van der Waals surface area contributed by atoms with Crippen LogP contribution in [0, 0.1) is 0 Å². The first kappa shape index (κ1) is 37.1. The second kappa shape index (κ2) is 17.1. The summed E-state index contributed by atoms with van der Waals surface area (Å²) in [4.78, 5) is 29.9. The molecule has 254 valence electrons. The fourth-order valence-corrected chi connectivity index (χ4v) is 7.04. The highest BCUT2D eigenvalue weighted by molar-refractivity contribution is 7.92. The molecule has 0 saturated carbocycles. The summed E-state index contributed by atoms with van der Waals surface area (Å²) in [5.74, 6) is -0.494. The summed E-state index contributed by atoms with van der Waals surface area (Å²) in [5, 5.41) is 3.97. The number of carbonyl (C=O) groups is 2. The first-order valence-corrected chi connectivity index (χ1v) is 18.1. The Kier molecular flexibility index (Phi) is 13.2. The van der Waals surface area contributed by atoms with Crippen LogP contribution in [0.5, 0.6) is 5.75 Å². The number of anilines is 1. The van der Waals surface area contributed by atoms with Gasteiger partial charge in [-0.1, -0.05) is 78.1 Å². The smallest absolute Gasteiger partial charge is 0.264 e. The van der Waals surface area contributed by atoms with Gasteiger partial charge in [-0.2, -0.15) is 0 Å². The first-order valence-electron chi connectivity index (χ1n) is 15.5. The zero-order valence-electron chi connectivity index (χ0n) is 26.9. The van der Waals surface area contributed by atoms with Crippen molar-refractivity contribution >= 4 is 62.3 Å². The Morgan fingerprint density at radius 1 is 0.833 bits per heavy atom. The second-order valence-electron chi connectivity index (χ2n) is 11.1. The van der Waals surface area contributed by atoms with Crippen molar-refractivity contribution in [2.75, 3.05) is 17.5 Å². The molecule has 0 aromatic heterocycles. The number of rotatable bonds is 15. The highest BCUT2D eigenvalue weighted by Gasteiger charge is 2.35. The number of benzene rings is 4. The van der Waals surface area contributed by atoms with Crippen LogP contribution in [0.3, 0.4) is 0 Å². The number of halogens is 3. The number of nitrogens with one attached hydrogen (secondary N) is 1. The van der Waals surface area contributed by atoms with Crippen LogP contribution in [0.2, 0.25) is 15.1 Å². The van der Waals surface area contributed by atoms with Gasteiger partial charge in [0.25, 0.3) is 10.0 Å². The molecule has 0 saturated heterocycles. The van der Waals surface area contributed by atoms with Gasteiger partial charge in [-0.15, -0.1) is 0 Å². The number of amides is 2. The van der Waals surface area contributed by atoms with Crippen molar-refractivity contribution in [1.82, 2.24) is 10.2 Å². The minimum Gasteiger partial charge on any atom is -0.494 e. The van der Waals surface area contributed by atoms with Crippen LogP contribution in [0.1, 0.15) is 38.3 Å². The molecule has 1 N–H and O–H groups in total. The molecule has 0 radical (unpaired) electrons. The maximum absolute atomic E-state index is 14.7. The van der Waals surface area contributed by atoms with Crippen molar-refractivity contribution in [3.05, 3.63) is 123 Å². The molecule has 2 amide bonds. The van der Waals surface area contributed by atoms with E-state index in [2.05, 4.69) is 5.32 Å². The normalized spacial score (nSPS) is 12.5. The Balaban J connectivity index is 1.84. The fourth-order valence-electron chi connectivity index (χ4n) is 4.99. The monoisotopic (exact) mass is 729 g/mol. The Bertz CT molecular complexity index is 1770. The predicted octanol–water partition coefficient (Wildman–Crippen LogP) is 7.80. The molecule has 0 aliphatic carbocycles. The quantitative estimate of drug-likeness (QED) is 0.135. The molecular weight excluding hydrogens is 693 g/mol. The van der Waals surface area contributed by atoms with E-state index < -0.39 is 34.4 Å². The minimum atomic E-state index is -4.31. The lowest BCUT2D eigenvalue weighted by Crippen LogP contribution is -2.54. The van der Waals surface area contributed by atoms with Gasteiger partial charge in [0.15, 0.2) is 0 Å². The fraction of sp³-hybridized carbons (Fsp3) is 0.278. The molecule has 2 atom stereocenters. The number of hydrogen-bond donors (Lipinski definition) is 1. The van der Waals surface area contributed by atoms with Crippen LogP contribution in [-0.2, 0) is 32.6 Å². The molecule has 48 heavy (non-hydrogen) atoms. The Morgan fingerprint density at radius 3 is 2.04 bits per heavy atom. The van der Waals surface area contributed by atoms with Crippen LogP contribution in [0.15, 0.2) is 102 Å². The number of hydrogen-bond acceptors (Lipinski definition) is 5. The number of ether oxygens (including phenoxy) is 1. The van der Waals surface area contributed by atoms with Crippen LogP contribution >= 0.6 is 34.8 Å². The highest BCUT2D eigenvalue weighted by Crippen LogP contribution is 2.30. The molecule has 0 heterocycles. The number of carbonyl (C=O) groups excluding carboxylic acids is 2. The summed E-state index contributed by atoms with van der Waals surface area (Å²) in [6.45, 7) is 5.29. The van der Waals surface area contributed by atoms with E-state index in [9.17, 15) is 18.0 Å². The van der Waals surface area contributed by atoms with E-state index in [1.807, 2.05) is 51.1 Å². The Labute approximate surface area is 297 Å². The molecule has 12 heteroatoms. The summed E-state index contributed by atoms with van der Waals surface area (Å²) in [7, 11) is -4.31. The lowest BCUT2D eigenvalue weighted by Gasteiger charge is -2.34. The van der Waals surface area contributed by atoms with Crippen LogP contribution in [-0.4, -0.2) is 50.4 Å². The summed E-state index contributed by atoms with van der Waals surface area (Å²) in [6, 6.07) is 25.1. The van der Waals surface area contributed by atoms with Crippen molar-refractivity contribution in [2.45, 2.75) is 57.1 Å². The van der Waals surface area contributed by atoms with E-state index in [0.717, 1.165) is 9.87 Å². The van der Waals surface area contributed by atoms with Gasteiger partial charge in [0.1, 0.15) is 18.3 Å². The standard InChI is InChI=1S/C36H38Cl3N3O5S/c1-4-25(3)40-36(44)34(22-26-10-7-6-8-11-26)41(23-31-32(38)12-9-13-33(31)39)35(43)24-42(28-16-18-29(19-17-28)47-5-2)48(45,46)30-20-14-27(37)15-21-30/h6-21,25,34H,4-5,22-24H2,1-3H3,(H,40,44)/t25-,34-/m0/s1. The summed E-state index contributed by atoms with van der Waals surface area (Å²) >= 11 is 19.2. The maximum Gasteiger partial charge on any atom is 0.264 e. The van der Waals surface area contributed by atoms with E-state index in [-0.39, 0.29) is 29.6 Å². The first-order chi connectivity index (χ1) is 22.9. The largest absolute Gasteiger partial charge is 0.494 e. The lowest BCUT2D eigenvalue weighted by atomic mass is 10.0. The van der Waals surface area contributed by atoms with Gasteiger partial charge in [0.2, 0.25) is 11.8 Å². The van der Waals surface area contributed by atoms with Gasteiger partial charge < -0.3 is 15.0 Å². The van der Waals surface area contributed by atoms with E-state index >= 15 is 0 Å². The van der Waals surface area contributed by atoms with Crippen LogP contribution in [0.25, 0.3) is 0 Å². The summed E-state index contributed by atoms with van der Waals surface area (Å²) < 4.78 is 35.0. The molecule has 4 rings (SSSR count). The molecular formula is C36H38Cl3N3O5S. The Hall–Kier alpha value is -3.76. The van der Waals surface area contributed by atoms with Crippen molar-refractivity contribution in [1.29, 1.82) is 0 Å². The topological polar surface area (TPSA) is 96.0 Å². The van der Waals surface area contributed by atoms with Crippen molar-refractivity contribution in [3.63, 3.8) is 0 Å². The SMILES string of the molecule is CCOc1ccc(N(CC(=O)N(Cc2c(Cl)cccc2Cl)[C@@H](Cc2ccccc2)C(=O)N[C@@H](C)CC)S(=O)(=O)c2ccc(Cl)cc2)cc1. The van der Waals surface area contributed by atoms with Crippen molar-refractivity contribution in [2.24, 2.45) is 0 Å². The van der Waals surface area contributed by atoms with E-state index in [0.29, 0.717) is 39.4 Å². The molecule has 0 unspecified atom stereocenters. The third kappa shape index (κ3) is 9.44. The highest BCUT2D eigenvalue weighted by atomic mass is 35.5. The van der Waals surface area contributed by atoms with E-state index in [4.69, 9.17) is 39.5 Å². The minimum absolute atomic E-state index is 0.0652. The number of nitrogens with zero attached hydrogens (tertiary/aromatic N) is 2. The van der Waals surface area contributed by atoms with Gasteiger partial charge >= 0.3 is 0 Å². The van der Waals surface area contributed by atoms with Gasteiger partial charge in [0, 0.05) is 39.6 Å². The molecule has 4 aromatic rings. The Morgan fingerprint density at radius 2 is 1.46 bits per heavy atom. The molecule has 0 spiro atoms. The maximum atomic E-state index is 14.7. The van der Waals surface area contributed by atoms with Gasteiger partial charge in [-0.25, -0.2) is 8.42 Å². The third-order valence-corrected chi connectivity index (χ3v) is 10.5. The molecule has 0 aliphatic rings.